The molecule has 0 bridgehead atoms. The second kappa shape index (κ2) is 14.0. The van der Waals surface area contributed by atoms with Gasteiger partial charge >= 0.3 is 5.97 Å². The van der Waals surface area contributed by atoms with Crippen molar-refractivity contribution < 1.29 is 19.4 Å². The molecule has 0 aromatic heterocycles. The van der Waals surface area contributed by atoms with Gasteiger partial charge in [-0.25, -0.2) is 0 Å². The molecule has 1 N–H and O–H groups in total. The second-order valence-electron chi connectivity index (χ2n) is 7.52. The number of carbonyl (C=O) groups excluding carboxylic acids is 2. The maximum absolute atomic E-state index is 12.1. The fourth-order valence-corrected chi connectivity index (χ4v) is 3.72. The van der Waals surface area contributed by atoms with Crippen molar-refractivity contribution in [3.63, 3.8) is 0 Å². The Kier molecular flexibility index (Phi) is 12.3. The first-order valence-electron chi connectivity index (χ1n) is 10.6. The van der Waals surface area contributed by atoms with Crippen LogP contribution in [0.4, 0.5) is 0 Å². The summed E-state index contributed by atoms with van der Waals surface area (Å²) in [6, 6.07) is 0. The van der Waals surface area contributed by atoms with E-state index in [-0.39, 0.29) is 23.8 Å². The van der Waals surface area contributed by atoms with Gasteiger partial charge in [-0.05, 0) is 51.0 Å². The first-order chi connectivity index (χ1) is 12.6. The first kappa shape index (κ1) is 22.9. The van der Waals surface area contributed by atoms with E-state index in [1.54, 1.807) is 6.08 Å². The smallest absolute Gasteiger partial charge is 0.305 e. The quantitative estimate of drug-likeness (QED) is 0.328. The van der Waals surface area contributed by atoms with E-state index >= 15 is 0 Å². The molecule has 1 rings (SSSR count). The summed E-state index contributed by atoms with van der Waals surface area (Å²) in [6.07, 6.45) is 14.9. The van der Waals surface area contributed by atoms with Crippen LogP contribution in [0, 0.1) is 11.8 Å². The highest BCUT2D eigenvalue weighted by atomic mass is 16.5. The summed E-state index contributed by atoms with van der Waals surface area (Å²) >= 11 is 0. The molecule has 1 aliphatic carbocycles. The van der Waals surface area contributed by atoms with E-state index < -0.39 is 0 Å². The van der Waals surface area contributed by atoms with E-state index in [1.165, 1.54) is 12.8 Å². The lowest BCUT2D eigenvalue weighted by atomic mass is 9.85. The Morgan fingerprint density at radius 1 is 1.08 bits per heavy atom. The van der Waals surface area contributed by atoms with Gasteiger partial charge in [0, 0.05) is 12.3 Å². The molecule has 1 aliphatic rings. The Balaban J connectivity index is 2.17. The minimum Gasteiger partial charge on any atom is -0.466 e. The van der Waals surface area contributed by atoms with Crippen LogP contribution in [-0.4, -0.2) is 29.6 Å². The number of esters is 1. The summed E-state index contributed by atoms with van der Waals surface area (Å²) in [7, 11) is 0. The van der Waals surface area contributed by atoms with Crippen LogP contribution in [0.1, 0.15) is 90.9 Å². The summed E-state index contributed by atoms with van der Waals surface area (Å²) in [5, 5.41) is 10.1. The number of unbranched alkanes of at least 4 members (excludes halogenated alkanes) is 5. The van der Waals surface area contributed by atoms with Crippen LogP contribution in [0.5, 0.6) is 0 Å². The fraction of sp³-hybridized carbons (Fsp3) is 0.818. The predicted octanol–water partition coefficient (Wildman–Crippen LogP) is 4.98. The van der Waals surface area contributed by atoms with Crippen molar-refractivity contribution in [2.24, 2.45) is 11.8 Å². The van der Waals surface area contributed by atoms with Crippen molar-refractivity contribution in [3.05, 3.63) is 12.2 Å². The molecule has 4 nitrogen and oxygen atoms in total. The first-order valence-corrected chi connectivity index (χ1v) is 10.6. The zero-order valence-electron chi connectivity index (χ0n) is 16.8. The third kappa shape index (κ3) is 9.51. The monoisotopic (exact) mass is 366 g/mol. The second-order valence-corrected chi connectivity index (χ2v) is 7.52. The number of rotatable bonds is 15. The number of aliphatic hydroxyl groups excluding tert-OH is 1. The number of aliphatic hydroxyl groups is 1. The molecule has 4 heteroatoms. The van der Waals surface area contributed by atoms with Crippen molar-refractivity contribution in [2.75, 3.05) is 6.61 Å². The standard InChI is InChI=1S/C22H38O4/c1-3-5-8-11-19(23)16-14-18-15-17-21(24)20(18)12-9-6-7-10-13-22(25)26-4-2/h15,17-20,23H,3-14,16H2,1-2H3. The van der Waals surface area contributed by atoms with Gasteiger partial charge in [0.2, 0.25) is 0 Å². The Morgan fingerprint density at radius 2 is 1.85 bits per heavy atom. The van der Waals surface area contributed by atoms with Gasteiger partial charge < -0.3 is 9.84 Å². The van der Waals surface area contributed by atoms with Crippen LogP contribution in [0.25, 0.3) is 0 Å². The fourth-order valence-electron chi connectivity index (χ4n) is 3.72. The molecule has 0 saturated heterocycles. The molecule has 0 amide bonds. The molecule has 0 aromatic rings. The van der Waals surface area contributed by atoms with E-state index in [0.29, 0.717) is 18.9 Å². The van der Waals surface area contributed by atoms with Crippen molar-refractivity contribution in [1.82, 2.24) is 0 Å². The van der Waals surface area contributed by atoms with E-state index in [1.807, 2.05) is 13.0 Å². The predicted molar refractivity (Wildman–Crippen MR) is 105 cm³/mol. The number of carbonyl (C=O) groups is 2. The molecule has 0 fully saturated rings. The van der Waals surface area contributed by atoms with Crippen LogP contribution in [0.3, 0.4) is 0 Å². The van der Waals surface area contributed by atoms with Crippen molar-refractivity contribution in [2.45, 2.75) is 97.0 Å². The summed E-state index contributed by atoms with van der Waals surface area (Å²) in [6.45, 7) is 4.44. The molecule has 3 atom stereocenters. The van der Waals surface area contributed by atoms with Crippen LogP contribution in [0.2, 0.25) is 0 Å². The van der Waals surface area contributed by atoms with Gasteiger partial charge in [-0.1, -0.05) is 51.5 Å². The Labute approximate surface area is 159 Å². The normalized spacial score (nSPS) is 20.5. The van der Waals surface area contributed by atoms with Gasteiger partial charge in [-0.2, -0.15) is 0 Å². The minimum atomic E-state index is -0.228. The zero-order chi connectivity index (χ0) is 19.2. The number of allylic oxidation sites excluding steroid dienone is 2. The number of ether oxygens (including phenoxy) is 1. The highest BCUT2D eigenvalue weighted by Crippen LogP contribution is 2.31. The van der Waals surface area contributed by atoms with Gasteiger partial charge in [0.1, 0.15) is 0 Å². The molecule has 0 saturated carbocycles. The van der Waals surface area contributed by atoms with Crippen molar-refractivity contribution in [3.8, 4) is 0 Å². The molecule has 0 aliphatic heterocycles. The van der Waals surface area contributed by atoms with Crippen molar-refractivity contribution >= 4 is 11.8 Å². The molecule has 150 valence electrons. The molecule has 0 heterocycles. The number of hydrogen-bond acceptors (Lipinski definition) is 4. The molecule has 0 aromatic carbocycles. The maximum atomic E-state index is 12.1. The van der Waals surface area contributed by atoms with Crippen LogP contribution < -0.4 is 0 Å². The van der Waals surface area contributed by atoms with Crippen LogP contribution >= 0.6 is 0 Å². The maximum Gasteiger partial charge on any atom is 0.305 e. The third-order valence-electron chi connectivity index (χ3n) is 5.32. The molecule has 26 heavy (non-hydrogen) atoms. The van der Waals surface area contributed by atoms with Gasteiger partial charge in [0.25, 0.3) is 0 Å². The summed E-state index contributed by atoms with van der Waals surface area (Å²) in [5.74, 6) is 0.535. The van der Waals surface area contributed by atoms with Gasteiger partial charge in [-0.15, -0.1) is 0 Å². The van der Waals surface area contributed by atoms with E-state index in [0.717, 1.165) is 57.8 Å². The highest BCUT2D eigenvalue weighted by Gasteiger charge is 2.29. The van der Waals surface area contributed by atoms with Gasteiger partial charge in [0.05, 0.1) is 12.7 Å². The van der Waals surface area contributed by atoms with Crippen LogP contribution in [0.15, 0.2) is 12.2 Å². The molecule has 0 spiro atoms. The lowest BCUT2D eigenvalue weighted by Crippen LogP contribution is -2.18. The largest absolute Gasteiger partial charge is 0.466 e. The Morgan fingerprint density at radius 3 is 2.58 bits per heavy atom. The minimum absolute atomic E-state index is 0.0999. The zero-order valence-corrected chi connectivity index (χ0v) is 16.8. The van der Waals surface area contributed by atoms with E-state index in [4.69, 9.17) is 4.74 Å². The Bertz CT molecular complexity index is 430. The Hall–Kier alpha value is -1.16. The lowest BCUT2D eigenvalue weighted by molar-refractivity contribution is -0.143. The summed E-state index contributed by atoms with van der Waals surface area (Å²) in [5.41, 5.74) is 0. The average Bonchev–Trinajstić information content (AvgIpc) is 2.96. The molecule has 3 unspecified atom stereocenters. The molecular weight excluding hydrogens is 328 g/mol. The highest BCUT2D eigenvalue weighted by molar-refractivity contribution is 5.94. The van der Waals surface area contributed by atoms with E-state index in [9.17, 15) is 14.7 Å². The topological polar surface area (TPSA) is 63.6 Å². The van der Waals surface area contributed by atoms with Gasteiger partial charge in [0.15, 0.2) is 5.78 Å². The van der Waals surface area contributed by atoms with Crippen molar-refractivity contribution in [1.29, 1.82) is 0 Å². The number of ketones is 1. The SMILES string of the molecule is CCCCCC(O)CCC1C=CC(=O)C1CCCCCCC(=O)OCC. The van der Waals surface area contributed by atoms with Gasteiger partial charge in [-0.3, -0.25) is 9.59 Å². The van der Waals surface area contributed by atoms with E-state index in [2.05, 4.69) is 6.92 Å². The summed E-state index contributed by atoms with van der Waals surface area (Å²) in [4.78, 5) is 23.4. The van der Waals surface area contributed by atoms with Crippen LogP contribution in [-0.2, 0) is 14.3 Å². The lowest BCUT2D eigenvalue weighted by Gasteiger charge is -2.19. The average molecular weight is 367 g/mol. The number of hydrogen-bond donors (Lipinski definition) is 1. The summed E-state index contributed by atoms with van der Waals surface area (Å²) < 4.78 is 4.92. The third-order valence-corrected chi connectivity index (χ3v) is 5.32. The molecular formula is C22H38O4. The molecule has 0 radical (unpaired) electrons.